The number of rotatable bonds is 1. The molecule has 1 aromatic carbocycles. The summed E-state index contributed by atoms with van der Waals surface area (Å²) in [6.45, 7) is 1.69. The minimum absolute atomic E-state index is 0.137. The van der Waals surface area contributed by atoms with Crippen LogP contribution in [-0.2, 0) is 10.1 Å². The summed E-state index contributed by atoms with van der Waals surface area (Å²) in [4.78, 5) is -0.364. The van der Waals surface area contributed by atoms with Gasteiger partial charge in [0.1, 0.15) is 4.90 Å². The van der Waals surface area contributed by atoms with Crippen molar-refractivity contribution in [2.24, 2.45) is 0 Å². The van der Waals surface area contributed by atoms with E-state index in [1.807, 2.05) is 0 Å². The van der Waals surface area contributed by atoms with Gasteiger partial charge >= 0.3 is 0 Å². The summed E-state index contributed by atoms with van der Waals surface area (Å²) in [5.74, 6) is 0. The van der Waals surface area contributed by atoms with E-state index in [1.54, 1.807) is 6.92 Å². The lowest BCUT2D eigenvalue weighted by Gasteiger charge is -2.05. The number of benzene rings is 1. The molecular weight excluding hydrogens is 214 g/mol. The van der Waals surface area contributed by atoms with E-state index in [-0.39, 0.29) is 15.6 Å². The van der Waals surface area contributed by atoms with Crippen molar-refractivity contribution in [1.29, 1.82) is 0 Å². The van der Waals surface area contributed by atoms with Crippen LogP contribution in [-0.4, -0.2) is 13.0 Å². The molecule has 0 unspecified atom stereocenters. The lowest BCUT2D eigenvalue weighted by atomic mass is 10.2. The summed E-state index contributed by atoms with van der Waals surface area (Å²) in [6, 6.07) is 2.69. The highest BCUT2D eigenvalue weighted by atomic mass is 35.5. The summed E-state index contributed by atoms with van der Waals surface area (Å²) >= 11 is 5.62. The van der Waals surface area contributed by atoms with Gasteiger partial charge in [0.05, 0.1) is 10.7 Å². The molecule has 72 valence electrons. The number of halogens is 1. The first-order valence-corrected chi connectivity index (χ1v) is 5.18. The first kappa shape index (κ1) is 10.3. The second-order valence-corrected chi connectivity index (χ2v) is 4.35. The Kier molecular flexibility index (Phi) is 2.51. The topological polar surface area (TPSA) is 80.4 Å². The van der Waals surface area contributed by atoms with Crippen molar-refractivity contribution in [3.05, 3.63) is 22.7 Å². The quantitative estimate of drug-likeness (QED) is 0.556. The highest BCUT2D eigenvalue weighted by Gasteiger charge is 2.16. The molecule has 0 aromatic heterocycles. The molecule has 0 aliphatic heterocycles. The summed E-state index contributed by atoms with van der Waals surface area (Å²) in [5.41, 5.74) is 6.30. The summed E-state index contributed by atoms with van der Waals surface area (Å²) in [5, 5.41) is -0.137. The molecule has 3 N–H and O–H groups in total. The van der Waals surface area contributed by atoms with Gasteiger partial charge in [0.25, 0.3) is 10.1 Å². The second kappa shape index (κ2) is 3.17. The highest BCUT2D eigenvalue weighted by Crippen LogP contribution is 2.29. The molecule has 13 heavy (non-hydrogen) atoms. The number of hydrogen-bond acceptors (Lipinski definition) is 3. The van der Waals surface area contributed by atoms with Crippen molar-refractivity contribution in [2.75, 3.05) is 5.73 Å². The SMILES string of the molecule is Cc1ccc(S(=O)(=O)O)c(Cl)c1N. The van der Waals surface area contributed by atoms with Crippen molar-refractivity contribution >= 4 is 27.4 Å². The van der Waals surface area contributed by atoms with Crippen LogP contribution in [0, 0.1) is 6.92 Å². The summed E-state index contributed by atoms with van der Waals surface area (Å²) in [7, 11) is -4.28. The number of nitrogens with two attached hydrogens (primary N) is 1. The Morgan fingerprint density at radius 3 is 2.46 bits per heavy atom. The van der Waals surface area contributed by atoms with Gasteiger partial charge < -0.3 is 5.73 Å². The zero-order valence-electron chi connectivity index (χ0n) is 6.78. The van der Waals surface area contributed by atoms with Gasteiger partial charge in [-0.2, -0.15) is 8.42 Å². The monoisotopic (exact) mass is 221 g/mol. The van der Waals surface area contributed by atoms with Gasteiger partial charge in [-0.15, -0.1) is 0 Å². The third-order valence-electron chi connectivity index (χ3n) is 1.64. The van der Waals surface area contributed by atoms with Gasteiger partial charge in [-0.1, -0.05) is 17.7 Å². The van der Waals surface area contributed by atoms with E-state index in [2.05, 4.69) is 0 Å². The molecule has 0 saturated heterocycles. The molecule has 0 fully saturated rings. The van der Waals surface area contributed by atoms with Gasteiger partial charge in [0.15, 0.2) is 0 Å². The standard InChI is InChI=1S/C7H8ClNO3S/c1-4-2-3-5(13(10,11)12)6(8)7(4)9/h2-3H,9H2,1H3,(H,10,11,12). The number of hydrogen-bond donors (Lipinski definition) is 2. The van der Waals surface area contributed by atoms with Crippen molar-refractivity contribution in [1.82, 2.24) is 0 Å². The van der Waals surface area contributed by atoms with E-state index in [4.69, 9.17) is 21.9 Å². The Balaban J connectivity index is 3.53. The Labute approximate surface area is 81.1 Å². The molecule has 1 rings (SSSR count). The predicted molar refractivity (Wildman–Crippen MR) is 50.4 cm³/mol. The van der Waals surface area contributed by atoms with E-state index in [0.29, 0.717) is 5.56 Å². The molecule has 0 amide bonds. The minimum Gasteiger partial charge on any atom is -0.397 e. The van der Waals surface area contributed by atoms with Gasteiger partial charge in [-0.3, -0.25) is 4.55 Å². The van der Waals surface area contributed by atoms with Crippen molar-refractivity contribution in [3.63, 3.8) is 0 Å². The third kappa shape index (κ3) is 1.93. The number of aryl methyl sites for hydroxylation is 1. The van der Waals surface area contributed by atoms with Crippen LogP contribution in [0.3, 0.4) is 0 Å². The molecule has 0 aliphatic rings. The molecule has 0 heterocycles. The summed E-state index contributed by atoms with van der Waals surface area (Å²) < 4.78 is 30.2. The predicted octanol–water partition coefficient (Wildman–Crippen LogP) is 1.48. The lowest BCUT2D eigenvalue weighted by molar-refractivity contribution is 0.483. The van der Waals surface area contributed by atoms with Crippen LogP contribution in [0.15, 0.2) is 17.0 Å². The van der Waals surface area contributed by atoms with E-state index < -0.39 is 10.1 Å². The number of anilines is 1. The Hall–Kier alpha value is -0.780. The van der Waals surface area contributed by atoms with E-state index in [9.17, 15) is 8.42 Å². The van der Waals surface area contributed by atoms with Crippen LogP contribution in [0.4, 0.5) is 5.69 Å². The molecule has 0 aliphatic carbocycles. The first-order chi connectivity index (χ1) is 5.84. The zero-order valence-corrected chi connectivity index (χ0v) is 8.35. The van der Waals surface area contributed by atoms with Crippen LogP contribution in [0.25, 0.3) is 0 Å². The molecule has 0 spiro atoms. The third-order valence-corrected chi connectivity index (χ3v) is 3.06. The molecule has 0 atom stereocenters. The highest BCUT2D eigenvalue weighted by molar-refractivity contribution is 7.86. The van der Waals surface area contributed by atoms with Gasteiger partial charge in [-0.25, -0.2) is 0 Å². The fourth-order valence-corrected chi connectivity index (χ4v) is 1.95. The van der Waals surface area contributed by atoms with Crippen LogP contribution in [0.1, 0.15) is 5.56 Å². The maximum absolute atomic E-state index is 10.7. The van der Waals surface area contributed by atoms with Crippen LogP contribution < -0.4 is 5.73 Å². The summed E-state index contributed by atoms with van der Waals surface area (Å²) in [6.07, 6.45) is 0. The van der Waals surface area contributed by atoms with E-state index in [1.165, 1.54) is 12.1 Å². The Bertz CT molecular complexity index is 441. The maximum Gasteiger partial charge on any atom is 0.296 e. The van der Waals surface area contributed by atoms with Crippen molar-refractivity contribution in [3.8, 4) is 0 Å². The fourth-order valence-electron chi connectivity index (χ4n) is 0.869. The van der Waals surface area contributed by atoms with Crippen LogP contribution in [0.2, 0.25) is 5.02 Å². The van der Waals surface area contributed by atoms with Crippen molar-refractivity contribution in [2.45, 2.75) is 11.8 Å². The first-order valence-electron chi connectivity index (χ1n) is 3.36. The molecule has 6 heteroatoms. The molecule has 0 bridgehead atoms. The van der Waals surface area contributed by atoms with E-state index in [0.717, 1.165) is 0 Å². The fraction of sp³-hybridized carbons (Fsp3) is 0.143. The molecule has 0 saturated carbocycles. The smallest absolute Gasteiger partial charge is 0.296 e. The van der Waals surface area contributed by atoms with E-state index >= 15 is 0 Å². The molecule has 4 nitrogen and oxygen atoms in total. The molecular formula is C7H8ClNO3S. The normalized spacial score (nSPS) is 11.6. The Morgan fingerprint density at radius 1 is 1.46 bits per heavy atom. The average molecular weight is 222 g/mol. The zero-order chi connectivity index (χ0) is 10.2. The van der Waals surface area contributed by atoms with Crippen molar-refractivity contribution < 1.29 is 13.0 Å². The second-order valence-electron chi connectivity index (χ2n) is 2.58. The average Bonchev–Trinajstić information content (AvgIpc) is 1.98. The van der Waals surface area contributed by atoms with Crippen LogP contribution >= 0.6 is 11.6 Å². The van der Waals surface area contributed by atoms with Gasteiger partial charge in [-0.05, 0) is 18.6 Å². The largest absolute Gasteiger partial charge is 0.397 e. The number of nitrogen functional groups attached to an aromatic ring is 1. The minimum atomic E-state index is -4.28. The molecule has 0 radical (unpaired) electrons. The van der Waals surface area contributed by atoms with Crippen LogP contribution in [0.5, 0.6) is 0 Å². The molecule has 1 aromatic rings. The van der Waals surface area contributed by atoms with Gasteiger partial charge in [0.2, 0.25) is 0 Å². The maximum atomic E-state index is 10.7. The lowest BCUT2D eigenvalue weighted by Crippen LogP contribution is -2.02. The Morgan fingerprint density at radius 2 is 2.00 bits per heavy atom. The van der Waals surface area contributed by atoms with Gasteiger partial charge in [0, 0.05) is 0 Å².